The van der Waals surface area contributed by atoms with E-state index in [0.29, 0.717) is 11.5 Å². The maximum absolute atomic E-state index is 12.7. The lowest BCUT2D eigenvalue weighted by Crippen LogP contribution is -2.13. The van der Waals surface area contributed by atoms with Gasteiger partial charge in [0.25, 0.3) is 5.91 Å². The number of methoxy groups -OCH3 is 1. The van der Waals surface area contributed by atoms with Crippen molar-refractivity contribution >= 4 is 11.6 Å². The number of ether oxygens (including phenoxy) is 2. The van der Waals surface area contributed by atoms with Gasteiger partial charge in [-0.1, -0.05) is 6.07 Å². The van der Waals surface area contributed by atoms with Crippen molar-refractivity contribution in [3.05, 3.63) is 77.9 Å². The first-order valence-corrected chi connectivity index (χ1v) is 8.40. The van der Waals surface area contributed by atoms with Crippen molar-refractivity contribution in [2.75, 3.05) is 12.4 Å². The van der Waals surface area contributed by atoms with Gasteiger partial charge in [-0.15, -0.1) is 0 Å². The molecule has 0 saturated heterocycles. The minimum atomic E-state index is -4.47. The number of benzene rings is 3. The fourth-order valence-corrected chi connectivity index (χ4v) is 2.54. The number of hydrogen-bond acceptors (Lipinski definition) is 4. The van der Waals surface area contributed by atoms with Crippen LogP contribution in [0.2, 0.25) is 0 Å². The third-order valence-electron chi connectivity index (χ3n) is 3.99. The number of amides is 1. The van der Waals surface area contributed by atoms with Crippen LogP contribution in [-0.2, 0) is 6.18 Å². The predicted molar refractivity (Wildman–Crippen MR) is 101 cm³/mol. The van der Waals surface area contributed by atoms with Crippen LogP contribution in [0.3, 0.4) is 0 Å². The van der Waals surface area contributed by atoms with Crippen LogP contribution in [0.5, 0.6) is 23.0 Å². The summed E-state index contributed by atoms with van der Waals surface area (Å²) in [5, 5.41) is 12.6. The van der Waals surface area contributed by atoms with Crippen LogP contribution in [0.25, 0.3) is 0 Å². The summed E-state index contributed by atoms with van der Waals surface area (Å²) in [6.45, 7) is 0. The number of carbonyl (C=O) groups is 1. The summed E-state index contributed by atoms with van der Waals surface area (Å²) < 4.78 is 48.7. The molecule has 0 unspecified atom stereocenters. The maximum Gasteiger partial charge on any atom is 0.416 e. The van der Waals surface area contributed by atoms with Gasteiger partial charge in [0.15, 0.2) is 0 Å². The summed E-state index contributed by atoms with van der Waals surface area (Å²) in [6.07, 6.45) is -4.47. The molecule has 3 aromatic carbocycles. The number of nitrogens with one attached hydrogen (secondary N) is 1. The summed E-state index contributed by atoms with van der Waals surface area (Å²) >= 11 is 0. The van der Waals surface area contributed by atoms with Gasteiger partial charge in [0.05, 0.1) is 12.7 Å². The van der Waals surface area contributed by atoms with Crippen LogP contribution in [0.4, 0.5) is 18.9 Å². The Hall–Kier alpha value is -3.68. The van der Waals surface area contributed by atoms with E-state index in [1.54, 1.807) is 24.3 Å². The van der Waals surface area contributed by atoms with Crippen LogP contribution in [0.1, 0.15) is 15.9 Å². The van der Waals surface area contributed by atoms with E-state index in [2.05, 4.69) is 5.32 Å². The lowest BCUT2D eigenvalue weighted by Gasteiger charge is -2.13. The minimum absolute atomic E-state index is 0.0829. The highest BCUT2D eigenvalue weighted by Gasteiger charge is 2.30. The summed E-state index contributed by atoms with van der Waals surface area (Å²) in [6, 6.07) is 14.9. The summed E-state index contributed by atoms with van der Waals surface area (Å²) in [5.74, 6) is 0.0416. The molecule has 3 aromatic rings. The molecule has 0 atom stereocenters. The largest absolute Gasteiger partial charge is 0.507 e. The topological polar surface area (TPSA) is 67.8 Å². The third-order valence-corrected chi connectivity index (χ3v) is 3.99. The number of anilines is 1. The zero-order valence-corrected chi connectivity index (χ0v) is 15.2. The Morgan fingerprint density at radius 3 is 2.14 bits per heavy atom. The highest BCUT2D eigenvalue weighted by Crippen LogP contribution is 2.33. The summed E-state index contributed by atoms with van der Waals surface area (Å²) in [4.78, 5) is 12.6. The molecule has 3 rings (SSSR count). The normalized spacial score (nSPS) is 11.0. The molecule has 0 heterocycles. The van der Waals surface area contributed by atoms with Gasteiger partial charge in [-0.25, -0.2) is 0 Å². The number of hydrogen-bond donors (Lipinski definition) is 2. The number of alkyl halides is 3. The SMILES string of the molecule is COc1ccc(Oc2cccc(O)c2C(=O)Nc2ccc(C(F)(F)F)cc2)cc1. The Morgan fingerprint density at radius 1 is 0.931 bits per heavy atom. The standard InChI is InChI=1S/C21H16F3NO4/c1-28-15-9-11-16(12-10-15)29-18-4-2-3-17(26)19(18)20(27)25-14-7-5-13(6-8-14)21(22,23)24/h2-12,26H,1H3,(H,25,27). The van der Waals surface area contributed by atoms with E-state index in [9.17, 15) is 23.1 Å². The van der Waals surface area contributed by atoms with E-state index in [1.807, 2.05) is 0 Å². The lowest BCUT2D eigenvalue weighted by atomic mass is 10.1. The van der Waals surface area contributed by atoms with Gasteiger partial charge in [0.1, 0.15) is 28.6 Å². The molecule has 29 heavy (non-hydrogen) atoms. The molecule has 0 spiro atoms. The van der Waals surface area contributed by atoms with Crippen molar-refractivity contribution in [3.8, 4) is 23.0 Å². The smallest absolute Gasteiger partial charge is 0.416 e. The average Bonchev–Trinajstić information content (AvgIpc) is 2.68. The van der Waals surface area contributed by atoms with Crippen LogP contribution >= 0.6 is 0 Å². The number of phenolic OH excluding ortho intramolecular Hbond substituents is 1. The Balaban J connectivity index is 1.83. The van der Waals surface area contributed by atoms with Crippen molar-refractivity contribution in [1.82, 2.24) is 0 Å². The fraction of sp³-hybridized carbons (Fsp3) is 0.0952. The second-order valence-electron chi connectivity index (χ2n) is 5.96. The van der Waals surface area contributed by atoms with Gasteiger partial charge >= 0.3 is 6.18 Å². The molecular formula is C21H16F3NO4. The lowest BCUT2D eigenvalue weighted by molar-refractivity contribution is -0.137. The zero-order chi connectivity index (χ0) is 21.0. The van der Waals surface area contributed by atoms with Crippen molar-refractivity contribution in [2.24, 2.45) is 0 Å². The van der Waals surface area contributed by atoms with E-state index in [1.165, 1.54) is 25.3 Å². The first-order chi connectivity index (χ1) is 13.8. The first-order valence-electron chi connectivity index (χ1n) is 8.40. The summed E-state index contributed by atoms with van der Waals surface area (Å²) in [7, 11) is 1.52. The van der Waals surface area contributed by atoms with Gasteiger partial charge < -0.3 is 19.9 Å². The quantitative estimate of drug-likeness (QED) is 0.593. The highest BCUT2D eigenvalue weighted by atomic mass is 19.4. The first kappa shape index (κ1) is 20.1. The number of carbonyl (C=O) groups excluding carboxylic acids is 1. The van der Waals surface area contributed by atoms with E-state index in [0.717, 1.165) is 24.3 Å². The third kappa shape index (κ3) is 4.78. The second kappa shape index (κ2) is 8.14. The van der Waals surface area contributed by atoms with E-state index < -0.39 is 17.6 Å². The minimum Gasteiger partial charge on any atom is -0.507 e. The predicted octanol–water partition coefficient (Wildman–Crippen LogP) is 5.46. The van der Waals surface area contributed by atoms with Gasteiger partial charge in [0.2, 0.25) is 0 Å². The molecule has 2 N–H and O–H groups in total. The Bertz CT molecular complexity index is 1000. The molecule has 0 aliphatic carbocycles. The van der Waals surface area contributed by atoms with Crippen LogP contribution in [0.15, 0.2) is 66.7 Å². The molecule has 0 bridgehead atoms. The summed E-state index contributed by atoms with van der Waals surface area (Å²) in [5.41, 5.74) is -0.841. The number of halogens is 3. The van der Waals surface area contributed by atoms with Crippen LogP contribution in [-0.4, -0.2) is 18.1 Å². The molecule has 0 saturated carbocycles. The molecular weight excluding hydrogens is 387 g/mol. The van der Waals surface area contributed by atoms with Crippen LogP contribution in [0, 0.1) is 0 Å². The Labute approximate surface area is 164 Å². The zero-order valence-electron chi connectivity index (χ0n) is 15.2. The molecule has 150 valence electrons. The van der Waals surface area contributed by atoms with Crippen molar-refractivity contribution < 1.29 is 32.5 Å². The molecule has 5 nitrogen and oxygen atoms in total. The van der Waals surface area contributed by atoms with Gasteiger partial charge in [-0.05, 0) is 60.7 Å². The van der Waals surface area contributed by atoms with Gasteiger partial charge in [0, 0.05) is 5.69 Å². The van der Waals surface area contributed by atoms with Gasteiger partial charge in [-0.2, -0.15) is 13.2 Å². The second-order valence-corrected chi connectivity index (χ2v) is 5.96. The highest BCUT2D eigenvalue weighted by molar-refractivity contribution is 6.08. The van der Waals surface area contributed by atoms with Crippen molar-refractivity contribution in [1.29, 1.82) is 0 Å². The fourth-order valence-electron chi connectivity index (χ4n) is 2.54. The average molecular weight is 403 g/mol. The van der Waals surface area contributed by atoms with Crippen LogP contribution < -0.4 is 14.8 Å². The van der Waals surface area contributed by atoms with E-state index >= 15 is 0 Å². The number of rotatable bonds is 5. The Morgan fingerprint density at radius 2 is 1.55 bits per heavy atom. The molecule has 0 aromatic heterocycles. The van der Waals surface area contributed by atoms with E-state index in [-0.39, 0.29) is 22.7 Å². The maximum atomic E-state index is 12.7. The molecule has 0 aliphatic rings. The molecule has 8 heteroatoms. The molecule has 0 aliphatic heterocycles. The number of phenols is 1. The molecule has 0 radical (unpaired) electrons. The molecule has 0 fully saturated rings. The monoisotopic (exact) mass is 403 g/mol. The van der Waals surface area contributed by atoms with E-state index in [4.69, 9.17) is 9.47 Å². The van der Waals surface area contributed by atoms with Crippen molar-refractivity contribution in [3.63, 3.8) is 0 Å². The number of aromatic hydroxyl groups is 1. The Kier molecular flexibility index (Phi) is 5.63. The molecule has 1 amide bonds. The van der Waals surface area contributed by atoms with Crippen molar-refractivity contribution in [2.45, 2.75) is 6.18 Å². The van der Waals surface area contributed by atoms with Gasteiger partial charge in [-0.3, -0.25) is 4.79 Å².